The molecule has 2 atom stereocenters. The smallest absolute Gasteiger partial charge is 0.317 e. The van der Waals surface area contributed by atoms with Crippen LogP contribution in [-0.4, -0.2) is 59.4 Å². The maximum absolute atomic E-state index is 12.3. The highest BCUT2D eigenvalue weighted by molar-refractivity contribution is 7.13. The van der Waals surface area contributed by atoms with E-state index in [9.17, 15) is 9.59 Å². The van der Waals surface area contributed by atoms with Gasteiger partial charge in [-0.2, -0.15) is 0 Å². The molecule has 3 rings (SSSR count). The number of carbonyl (C=O) groups excluding carboxylic acids is 2. The zero-order valence-electron chi connectivity index (χ0n) is 12.9. The summed E-state index contributed by atoms with van der Waals surface area (Å²) in [7, 11) is 0. The van der Waals surface area contributed by atoms with Crippen LogP contribution in [0.5, 0.6) is 0 Å². The fourth-order valence-corrected chi connectivity index (χ4v) is 3.38. The van der Waals surface area contributed by atoms with Crippen LogP contribution in [0.4, 0.5) is 9.93 Å². The Balaban J connectivity index is 1.46. The number of likely N-dealkylation sites (tertiary alicyclic amines) is 1. The molecule has 8 nitrogen and oxygen atoms in total. The molecule has 1 aromatic rings. The number of carbonyl (C=O) groups is 2. The first-order valence-corrected chi connectivity index (χ1v) is 8.82. The van der Waals surface area contributed by atoms with E-state index in [1.54, 1.807) is 10.4 Å². The second-order valence-corrected chi connectivity index (χ2v) is 6.67. The molecular formula is C14H21N5O3S. The molecule has 2 aliphatic rings. The minimum absolute atomic E-state index is 0.0987. The summed E-state index contributed by atoms with van der Waals surface area (Å²) in [4.78, 5) is 26.2. The standard InChI is InChI=1S/C14H21N5O3S/c20-12(17-13-18-16-9-23-13)10-3-1-5-19(8-10)14(21)15-7-11-4-2-6-22-11/h9-11H,1-8H2,(H,15,21)(H,17,18,20)/t10-,11+/m1/s1. The first-order valence-electron chi connectivity index (χ1n) is 7.94. The fourth-order valence-electron chi connectivity index (χ4n) is 2.93. The van der Waals surface area contributed by atoms with Gasteiger partial charge in [-0.05, 0) is 25.7 Å². The van der Waals surface area contributed by atoms with Crippen LogP contribution >= 0.6 is 11.3 Å². The lowest BCUT2D eigenvalue weighted by molar-refractivity contribution is -0.121. The summed E-state index contributed by atoms with van der Waals surface area (Å²) in [6.07, 6.45) is 3.77. The molecule has 0 unspecified atom stereocenters. The lowest BCUT2D eigenvalue weighted by Gasteiger charge is -2.32. The van der Waals surface area contributed by atoms with Crippen LogP contribution < -0.4 is 10.6 Å². The van der Waals surface area contributed by atoms with E-state index in [0.717, 1.165) is 32.3 Å². The zero-order valence-corrected chi connectivity index (χ0v) is 13.7. The van der Waals surface area contributed by atoms with Gasteiger partial charge in [0, 0.05) is 26.2 Å². The number of nitrogens with zero attached hydrogens (tertiary/aromatic N) is 3. The van der Waals surface area contributed by atoms with E-state index in [-0.39, 0.29) is 24.0 Å². The number of rotatable bonds is 4. The van der Waals surface area contributed by atoms with E-state index >= 15 is 0 Å². The summed E-state index contributed by atoms with van der Waals surface area (Å²) < 4.78 is 5.50. The molecule has 3 heterocycles. The molecule has 1 aromatic heterocycles. The van der Waals surface area contributed by atoms with E-state index in [1.165, 1.54) is 11.3 Å². The second kappa shape index (κ2) is 7.69. The molecule has 0 spiro atoms. The van der Waals surface area contributed by atoms with Crippen molar-refractivity contribution in [2.75, 3.05) is 31.6 Å². The third kappa shape index (κ3) is 4.38. The van der Waals surface area contributed by atoms with Crippen LogP contribution in [0.15, 0.2) is 5.51 Å². The van der Waals surface area contributed by atoms with E-state index < -0.39 is 0 Å². The van der Waals surface area contributed by atoms with E-state index in [4.69, 9.17) is 4.74 Å². The minimum Gasteiger partial charge on any atom is -0.376 e. The van der Waals surface area contributed by atoms with Crippen LogP contribution in [0, 0.1) is 5.92 Å². The van der Waals surface area contributed by atoms with E-state index in [2.05, 4.69) is 20.8 Å². The minimum atomic E-state index is -0.207. The lowest BCUT2D eigenvalue weighted by atomic mass is 9.97. The van der Waals surface area contributed by atoms with Crippen molar-refractivity contribution in [3.05, 3.63) is 5.51 Å². The van der Waals surface area contributed by atoms with Crippen molar-refractivity contribution in [3.8, 4) is 0 Å². The van der Waals surface area contributed by atoms with Crippen molar-refractivity contribution in [2.24, 2.45) is 5.92 Å². The molecule has 3 amide bonds. The third-order valence-corrected chi connectivity index (χ3v) is 4.78. The summed E-state index contributed by atoms with van der Waals surface area (Å²) >= 11 is 1.28. The Morgan fingerprint density at radius 2 is 2.30 bits per heavy atom. The molecule has 9 heteroatoms. The summed E-state index contributed by atoms with van der Waals surface area (Å²) in [6, 6.07) is -0.117. The van der Waals surface area contributed by atoms with Crippen molar-refractivity contribution in [3.63, 3.8) is 0 Å². The fraction of sp³-hybridized carbons (Fsp3) is 0.714. The summed E-state index contributed by atoms with van der Waals surface area (Å²) in [6.45, 7) is 2.43. The molecule has 0 aliphatic carbocycles. The number of anilines is 1. The van der Waals surface area contributed by atoms with Crippen LogP contribution in [0.1, 0.15) is 25.7 Å². The average molecular weight is 339 g/mol. The number of nitrogens with one attached hydrogen (secondary N) is 2. The maximum atomic E-state index is 12.3. The highest BCUT2D eigenvalue weighted by atomic mass is 32.1. The van der Waals surface area contributed by atoms with Crippen LogP contribution in [0.25, 0.3) is 0 Å². The normalized spacial score (nSPS) is 24.4. The zero-order chi connectivity index (χ0) is 16.1. The van der Waals surface area contributed by atoms with Gasteiger partial charge in [-0.1, -0.05) is 11.3 Å². The summed E-state index contributed by atoms with van der Waals surface area (Å²) in [5.41, 5.74) is 1.57. The molecular weight excluding hydrogens is 318 g/mol. The summed E-state index contributed by atoms with van der Waals surface area (Å²) in [5, 5.41) is 13.7. The molecule has 0 aromatic carbocycles. The highest BCUT2D eigenvalue weighted by Crippen LogP contribution is 2.19. The maximum Gasteiger partial charge on any atom is 0.317 e. The molecule has 23 heavy (non-hydrogen) atoms. The Kier molecular flexibility index (Phi) is 5.39. The predicted octanol–water partition coefficient (Wildman–Crippen LogP) is 1.08. The molecule has 2 N–H and O–H groups in total. The molecule has 2 saturated heterocycles. The van der Waals surface area contributed by atoms with Crippen molar-refractivity contribution in [1.82, 2.24) is 20.4 Å². The van der Waals surface area contributed by atoms with Gasteiger partial charge in [0.2, 0.25) is 11.0 Å². The Hall–Kier alpha value is -1.74. The SMILES string of the molecule is O=C(Nc1nncs1)[C@@H]1CCCN(C(=O)NC[C@@H]2CCCO2)C1. The first-order chi connectivity index (χ1) is 11.2. The Morgan fingerprint density at radius 3 is 3.04 bits per heavy atom. The Bertz CT molecular complexity index is 533. The number of urea groups is 1. The van der Waals surface area contributed by atoms with Crippen molar-refractivity contribution >= 4 is 28.4 Å². The highest BCUT2D eigenvalue weighted by Gasteiger charge is 2.29. The van der Waals surface area contributed by atoms with Gasteiger partial charge in [0.25, 0.3) is 0 Å². The van der Waals surface area contributed by atoms with E-state index in [1.807, 2.05) is 0 Å². The third-order valence-electron chi connectivity index (χ3n) is 4.17. The van der Waals surface area contributed by atoms with Crippen molar-refractivity contribution in [2.45, 2.75) is 31.8 Å². The topological polar surface area (TPSA) is 96.5 Å². The van der Waals surface area contributed by atoms with Gasteiger partial charge < -0.3 is 20.3 Å². The predicted molar refractivity (Wildman–Crippen MR) is 85.2 cm³/mol. The Morgan fingerprint density at radius 1 is 1.39 bits per heavy atom. The Labute approximate surface area is 138 Å². The molecule has 0 saturated carbocycles. The molecule has 2 aliphatic heterocycles. The number of hydrogen-bond acceptors (Lipinski definition) is 6. The number of ether oxygens (including phenoxy) is 1. The lowest BCUT2D eigenvalue weighted by Crippen LogP contribution is -2.49. The van der Waals surface area contributed by atoms with Crippen molar-refractivity contribution < 1.29 is 14.3 Å². The van der Waals surface area contributed by atoms with Crippen LogP contribution in [0.3, 0.4) is 0 Å². The van der Waals surface area contributed by atoms with Gasteiger partial charge in [0.05, 0.1) is 12.0 Å². The average Bonchev–Trinajstić information content (AvgIpc) is 3.26. The molecule has 0 bridgehead atoms. The van der Waals surface area contributed by atoms with E-state index in [0.29, 0.717) is 24.8 Å². The quantitative estimate of drug-likeness (QED) is 0.855. The van der Waals surface area contributed by atoms with Gasteiger partial charge in [-0.3, -0.25) is 4.79 Å². The molecule has 126 valence electrons. The van der Waals surface area contributed by atoms with Gasteiger partial charge in [-0.25, -0.2) is 4.79 Å². The first kappa shape index (κ1) is 16.1. The molecule has 0 radical (unpaired) electrons. The van der Waals surface area contributed by atoms with Gasteiger partial charge in [0.1, 0.15) is 5.51 Å². The van der Waals surface area contributed by atoms with Gasteiger partial charge >= 0.3 is 6.03 Å². The van der Waals surface area contributed by atoms with Gasteiger partial charge in [0.15, 0.2) is 0 Å². The monoisotopic (exact) mass is 339 g/mol. The second-order valence-electron chi connectivity index (χ2n) is 5.84. The van der Waals surface area contributed by atoms with Crippen LogP contribution in [0.2, 0.25) is 0 Å². The molecule has 2 fully saturated rings. The number of amides is 3. The van der Waals surface area contributed by atoms with Gasteiger partial charge in [-0.15, -0.1) is 10.2 Å². The van der Waals surface area contributed by atoms with Crippen molar-refractivity contribution in [1.29, 1.82) is 0 Å². The number of aromatic nitrogens is 2. The number of piperidine rings is 1. The van der Waals surface area contributed by atoms with Crippen LogP contribution in [-0.2, 0) is 9.53 Å². The summed E-state index contributed by atoms with van der Waals surface area (Å²) in [5.74, 6) is -0.306. The number of hydrogen-bond donors (Lipinski definition) is 2. The largest absolute Gasteiger partial charge is 0.376 e.